The molecule has 2 aromatic rings. The van der Waals surface area contributed by atoms with Crippen molar-refractivity contribution in [2.45, 2.75) is 38.0 Å². The minimum Gasteiger partial charge on any atom is -0.378 e. The van der Waals surface area contributed by atoms with Crippen molar-refractivity contribution in [3.05, 3.63) is 41.6 Å². The van der Waals surface area contributed by atoms with E-state index in [0.717, 1.165) is 22.6 Å². The van der Waals surface area contributed by atoms with E-state index in [0.29, 0.717) is 64.5 Å². The van der Waals surface area contributed by atoms with Crippen molar-refractivity contribution < 1.29 is 31.1 Å². The zero-order valence-corrected chi connectivity index (χ0v) is 22.5. The Hall–Kier alpha value is -2.84. The van der Waals surface area contributed by atoms with E-state index in [4.69, 9.17) is 4.74 Å². The predicted octanol–water partition coefficient (Wildman–Crippen LogP) is 3.06. The van der Waals surface area contributed by atoms with Gasteiger partial charge in [-0.25, -0.2) is 13.2 Å². The van der Waals surface area contributed by atoms with E-state index in [2.05, 4.69) is 21.6 Å². The molecule has 2 aliphatic rings. The Labute approximate surface area is 220 Å². The summed E-state index contributed by atoms with van der Waals surface area (Å²) in [6.45, 7) is 5.45. The predicted molar refractivity (Wildman–Crippen MR) is 137 cm³/mol. The zero-order valence-electron chi connectivity index (χ0n) is 21.7. The fraction of sp³-hybridized carbons (Fsp3) is 0.583. The summed E-state index contributed by atoms with van der Waals surface area (Å²) in [6, 6.07) is 4.99. The molecule has 0 spiro atoms. The highest BCUT2D eigenvalue weighted by Crippen LogP contribution is 2.36. The lowest BCUT2D eigenvalue weighted by Crippen LogP contribution is -2.53. The van der Waals surface area contributed by atoms with Crippen molar-refractivity contribution in [2.24, 2.45) is 0 Å². The highest BCUT2D eigenvalue weighted by molar-refractivity contribution is 7.92. The Morgan fingerprint density at radius 3 is 2.42 bits per heavy atom. The third-order valence-electron chi connectivity index (χ3n) is 7.28. The number of morpholine rings is 1. The number of carbonyl (C=O) groups excluding carboxylic acids is 1. The van der Waals surface area contributed by atoms with Crippen molar-refractivity contribution in [3.63, 3.8) is 0 Å². The van der Waals surface area contributed by atoms with Gasteiger partial charge in [0, 0.05) is 56.2 Å². The molecule has 38 heavy (non-hydrogen) atoms. The Bertz CT molecular complexity index is 1250. The van der Waals surface area contributed by atoms with Gasteiger partial charge in [-0.1, -0.05) is 6.07 Å². The van der Waals surface area contributed by atoms with Crippen LogP contribution in [0.5, 0.6) is 0 Å². The smallest absolute Gasteiger partial charge is 0.378 e. The van der Waals surface area contributed by atoms with Gasteiger partial charge in [0.05, 0.1) is 25.0 Å². The van der Waals surface area contributed by atoms with Crippen molar-refractivity contribution in [1.29, 1.82) is 0 Å². The van der Waals surface area contributed by atoms with Crippen LogP contribution < -0.4 is 9.62 Å². The van der Waals surface area contributed by atoms with Gasteiger partial charge in [-0.15, -0.1) is 5.10 Å². The summed E-state index contributed by atoms with van der Waals surface area (Å²) in [5.41, 5.74) is 0.430. The SMILES string of the molecule is CN(Cc1ccc(C(F)(F)F)cc1N1CCOCC1)C1(C)CCN(C(=O)n2ccc(NS(C)(=O)=O)n2)CC1. The molecule has 0 aliphatic carbocycles. The number of nitrogens with zero attached hydrogens (tertiary/aromatic N) is 5. The van der Waals surface area contributed by atoms with E-state index in [1.165, 1.54) is 18.3 Å². The van der Waals surface area contributed by atoms with Gasteiger partial charge in [0.15, 0.2) is 5.82 Å². The summed E-state index contributed by atoms with van der Waals surface area (Å²) in [7, 11) is -1.55. The number of amides is 1. The number of halogens is 3. The summed E-state index contributed by atoms with van der Waals surface area (Å²) in [6.07, 6.45) is -0.706. The molecule has 1 aromatic carbocycles. The molecule has 1 aromatic heterocycles. The second-order valence-corrected chi connectivity index (χ2v) is 11.8. The first-order valence-electron chi connectivity index (χ1n) is 12.3. The van der Waals surface area contributed by atoms with Crippen LogP contribution in [0.3, 0.4) is 0 Å². The van der Waals surface area contributed by atoms with Crippen LogP contribution in [0.4, 0.5) is 29.5 Å². The largest absolute Gasteiger partial charge is 0.416 e. The molecule has 0 unspecified atom stereocenters. The van der Waals surface area contributed by atoms with Gasteiger partial charge in [0.25, 0.3) is 0 Å². The average Bonchev–Trinajstić information content (AvgIpc) is 3.31. The Kier molecular flexibility index (Phi) is 7.96. The molecule has 14 heteroatoms. The van der Waals surface area contributed by atoms with Gasteiger partial charge >= 0.3 is 12.2 Å². The lowest BCUT2D eigenvalue weighted by atomic mass is 9.87. The number of sulfonamides is 1. The number of nitrogens with one attached hydrogen (secondary N) is 1. The molecule has 0 saturated carbocycles. The number of hydrogen-bond donors (Lipinski definition) is 1. The number of anilines is 2. The monoisotopic (exact) mass is 558 g/mol. The van der Waals surface area contributed by atoms with Crippen molar-refractivity contribution in [3.8, 4) is 0 Å². The second-order valence-electron chi connectivity index (χ2n) is 10.1. The average molecular weight is 559 g/mol. The van der Waals surface area contributed by atoms with Gasteiger partial charge in [-0.2, -0.15) is 17.9 Å². The molecular weight excluding hydrogens is 525 g/mol. The van der Waals surface area contributed by atoms with Gasteiger partial charge < -0.3 is 14.5 Å². The molecule has 3 heterocycles. The quantitative estimate of drug-likeness (QED) is 0.582. The molecule has 0 atom stereocenters. The Balaban J connectivity index is 1.43. The normalized spacial score (nSPS) is 18.6. The van der Waals surface area contributed by atoms with Gasteiger partial charge in [0.2, 0.25) is 10.0 Å². The molecule has 0 bridgehead atoms. The first-order chi connectivity index (χ1) is 17.7. The van der Waals surface area contributed by atoms with Crippen LogP contribution in [-0.4, -0.2) is 92.3 Å². The molecule has 2 aliphatic heterocycles. The van der Waals surface area contributed by atoms with Crippen molar-refractivity contribution >= 4 is 27.6 Å². The van der Waals surface area contributed by atoms with Crippen LogP contribution >= 0.6 is 0 Å². The molecular formula is C24H33F3N6O4S. The summed E-state index contributed by atoms with van der Waals surface area (Å²) in [4.78, 5) is 18.7. The molecule has 210 valence electrons. The fourth-order valence-corrected chi connectivity index (χ4v) is 5.29. The molecule has 2 saturated heterocycles. The van der Waals surface area contributed by atoms with Crippen LogP contribution in [0, 0.1) is 0 Å². The van der Waals surface area contributed by atoms with E-state index < -0.39 is 21.8 Å². The lowest BCUT2D eigenvalue weighted by molar-refractivity contribution is -0.137. The van der Waals surface area contributed by atoms with Crippen molar-refractivity contribution in [2.75, 3.05) is 62.3 Å². The van der Waals surface area contributed by atoms with Crippen LogP contribution in [0.1, 0.15) is 30.9 Å². The summed E-state index contributed by atoms with van der Waals surface area (Å²) >= 11 is 0. The number of ether oxygens (including phenoxy) is 1. The molecule has 0 radical (unpaired) electrons. The highest BCUT2D eigenvalue weighted by Gasteiger charge is 2.37. The summed E-state index contributed by atoms with van der Waals surface area (Å²) < 4.78 is 71.9. The third-order valence-corrected chi connectivity index (χ3v) is 7.86. The van der Waals surface area contributed by atoms with Crippen LogP contribution in [0.25, 0.3) is 0 Å². The standard InChI is InChI=1S/C24H33F3N6O4S/c1-23(7-10-32(11-8-23)22(34)33-9-6-21(28-33)29-38(3,35)36)30(2)17-18-4-5-19(24(25,26)27)16-20(18)31-12-14-37-15-13-31/h4-6,9,16H,7-8,10-15,17H2,1-3H3,(H,28,29). The summed E-state index contributed by atoms with van der Waals surface area (Å²) in [5, 5.41) is 4.01. The zero-order chi connectivity index (χ0) is 27.7. The Morgan fingerprint density at radius 1 is 1.16 bits per heavy atom. The minimum absolute atomic E-state index is 0.0649. The van der Waals surface area contributed by atoms with Gasteiger partial charge in [-0.3, -0.25) is 9.62 Å². The summed E-state index contributed by atoms with van der Waals surface area (Å²) in [5.74, 6) is 0.0649. The van der Waals surface area contributed by atoms with E-state index >= 15 is 0 Å². The van der Waals surface area contributed by atoms with E-state index in [1.807, 2.05) is 11.9 Å². The van der Waals surface area contributed by atoms with Crippen molar-refractivity contribution in [1.82, 2.24) is 19.6 Å². The maximum Gasteiger partial charge on any atom is 0.416 e. The molecule has 2 fully saturated rings. The van der Waals surface area contributed by atoms with Crippen LogP contribution in [0.15, 0.2) is 30.5 Å². The molecule has 1 amide bonds. The van der Waals surface area contributed by atoms with Gasteiger partial charge in [-0.05, 0) is 44.5 Å². The maximum atomic E-state index is 13.5. The third kappa shape index (κ3) is 6.59. The van der Waals surface area contributed by atoms with E-state index in [1.54, 1.807) is 11.0 Å². The number of benzene rings is 1. The molecule has 1 N–H and O–H groups in total. The minimum atomic E-state index is -4.42. The lowest BCUT2D eigenvalue weighted by Gasteiger charge is -2.45. The number of rotatable bonds is 6. The maximum absolute atomic E-state index is 13.5. The number of carbonyl (C=O) groups is 1. The van der Waals surface area contributed by atoms with E-state index in [9.17, 15) is 26.4 Å². The molecule has 10 nitrogen and oxygen atoms in total. The number of likely N-dealkylation sites (tertiary alicyclic amines) is 1. The number of alkyl halides is 3. The number of hydrogen-bond acceptors (Lipinski definition) is 7. The van der Waals surface area contributed by atoms with E-state index in [-0.39, 0.29) is 17.4 Å². The second kappa shape index (κ2) is 10.7. The topological polar surface area (TPSA) is 100 Å². The highest BCUT2D eigenvalue weighted by atomic mass is 32.2. The first-order valence-corrected chi connectivity index (χ1v) is 14.2. The van der Waals surface area contributed by atoms with Gasteiger partial charge in [0.1, 0.15) is 0 Å². The Morgan fingerprint density at radius 2 is 1.82 bits per heavy atom. The molecule has 4 rings (SSSR count). The first kappa shape index (κ1) is 28.2. The number of piperidine rings is 1. The fourth-order valence-electron chi connectivity index (χ4n) is 4.80. The number of aromatic nitrogens is 2. The van der Waals surface area contributed by atoms with Crippen LogP contribution in [-0.2, 0) is 27.5 Å². The van der Waals surface area contributed by atoms with Crippen LogP contribution in [0.2, 0.25) is 0 Å².